The molecule has 0 spiro atoms. The molecule has 0 fully saturated rings. The van der Waals surface area contributed by atoms with Gasteiger partial charge in [-0.05, 0) is 18.9 Å². The summed E-state index contributed by atoms with van der Waals surface area (Å²) in [4.78, 5) is 29.2. The number of aryl methyl sites for hydroxylation is 1. The van der Waals surface area contributed by atoms with Crippen molar-refractivity contribution in [2.75, 3.05) is 11.4 Å². The van der Waals surface area contributed by atoms with Crippen LogP contribution in [0.15, 0.2) is 30.3 Å². The molecule has 1 heterocycles. The van der Waals surface area contributed by atoms with Gasteiger partial charge in [0.15, 0.2) is 5.13 Å². The minimum Gasteiger partial charge on any atom is -0.477 e. The average Bonchev–Trinajstić information content (AvgIpc) is 2.93. The van der Waals surface area contributed by atoms with Crippen molar-refractivity contribution in [1.29, 1.82) is 0 Å². The first-order chi connectivity index (χ1) is 11.0. The van der Waals surface area contributed by atoms with Crippen molar-refractivity contribution < 1.29 is 19.4 Å². The number of thiazole rings is 1. The Morgan fingerprint density at radius 3 is 2.57 bits per heavy atom. The summed E-state index contributed by atoms with van der Waals surface area (Å²) in [5.74, 6) is -1.04. The van der Waals surface area contributed by atoms with E-state index in [9.17, 15) is 9.59 Å². The minimum atomic E-state index is -1.04. The number of hydrogen-bond acceptors (Lipinski definition) is 5. The van der Waals surface area contributed by atoms with Gasteiger partial charge in [-0.1, -0.05) is 48.6 Å². The first kappa shape index (κ1) is 17.0. The van der Waals surface area contributed by atoms with E-state index in [1.54, 1.807) is 6.92 Å². The molecule has 0 bridgehead atoms. The molecule has 23 heavy (non-hydrogen) atoms. The zero-order valence-electron chi connectivity index (χ0n) is 13.0. The van der Waals surface area contributed by atoms with Crippen LogP contribution in [-0.2, 0) is 11.3 Å². The summed E-state index contributed by atoms with van der Waals surface area (Å²) in [7, 11) is 0. The predicted molar refractivity (Wildman–Crippen MR) is 88.1 cm³/mol. The summed E-state index contributed by atoms with van der Waals surface area (Å²) in [6.45, 7) is 4.12. The number of amides is 1. The third kappa shape index (κ3) is 4.29. The highest BCUT2D eigenvalue weighted by Gasteiger charge is 2.23. The smallest absolute Gasteiger partial charge is 0.416 e. The molecule has 0 saturated carbocycles. The molecule has 0 unspecified atom stereocenters. The molecule has 2 aromatic rings. The lowest BCUT2D eigenvalue weighted by Crippen LogP contribution is -2.32. The molecular weight excluding hydrogens is 316 g/mol. The van der Waals surface area contributed by atoms with Crippen molar-refractivity contribution in [2.45, 2.75) is 26.9 Å². The average molecular weight is 334 g/mol. The molecule has 0 aliphatic rings. The quantitative estimate of drug-likeness (QED) is 0.871. The maximum atomic E-state index is 12.3. The van der Waals surface area contributed by atoms with Crippen molar-refractivity contribution in [3.05, 3.63) is 46.5 Å². The lowest BCUT2D eigenvalue weighted by molar-refractivity contribution is 0.0701. The molecule has 1 N–H and O–H groups in total. The second kappa shape index (κ2) is 7.73. The van der Waals surface area contributed by atoms with Gasteiger partial charge in [0.25, 0.3) is 0 Å². The Labute approximate surface area is 138 Å². The van der Waals surface area contributed by atoms with E-state index in [-0.39, 0.29) is 11.5 Å². The molecule has 0 aliphatic heterocycles. The molecule has 122 valence electrons. The van der Waals surface area contributed by atoms with Crippen LogP contribution >= 0.6 is 11.3 Å². The van der Waals surface area contributed by atoms with Crippen molar-refractivity contribution in [1.82, 2.24) is 4.98 Å². The highest BCUT2D eigenvalue weighted by atomic mass is 32.1. The molecule has 0 aliphatic carbocycles. The van der Waals surface area contributed by atoms with E-state index in [1.807, 2.05) is 37.3 Å². The SMILES string of the molecule is CCCN(C(=O)OCc1ccccc1)c1nc(C)c(C(=O)O)s1. The van der Waals surface area contributed by atoms with E-state index in [0.717, 1.165) is 16.9 Å². The molecule has 0 radical (unpaired) electrons. The molecule has 0 atom stereocenters. The molecule has 7 heteroatoms. The van der Waals surface area contributed by atoms with E-state index >= 15 is 0 Å². The van der Waals surface area contributed by atoms with Crippen LogP contribution in [0.5, 0.6) is 0 Å². The van der Waals surface area contributed by atoms with Crippen molar-refractivity contribution in [3.63, 3.8) is 0 Å². The number of nitrogens with zero attached hydrogens (tertiary/aromatic N) is 2. The number of aromatic carboxylic acids is 1. The third-order valence-corrected chi connectivity index (χ3v) is 4.25. The summed E-state index contributed by atoms with van der Waals surface area (Å²) in [5.41, 5.74) is 1.29. The summed E-state index contributed by atoms with van der Waals surface area (Å²) >= 11 is 0.980. The number of benzene rings is 1. The number of anilines is 1. The van der Waals surface area contributed by atoms with Crippen LogP contribution in [0.25, 0.3) is 0 Å². The Morgan fingerprint density at radius 1 is 1.30 bits per heavy atom. The van der Waals surface area contributed by atoms with Gasteiger partial charge in [0, 0.05) is 6.54 Å². The van der Waals surface area contributed by atoms with Gasteiger partial charge in [0.05, 0.1) is 5.69 Å². The molecule has 1 aromatic heterocycles. The van der Waals surface area contributed by atoms with E-state index < -0.39 is 12.1 Å². The van der Waals surface area contributed by atoms with Crippen LogP contribution in [-0.4, -0.2) is 28.7 Å². The third-order valence-electron chi connectivity index (χ3n) is 3.08. The van der Waals surface area contributed by atoms with Gasteiger partial charge < -0.3 is 9.84 Å². The summed E-state index contributed by atoms with van der Waals surface area (Å²) in [5, 5.41) is 9.46. The molecule has 0 saturated heterocycles. The Hall–Kier alpha value is -2.41. The van der Waals surface area contributed by atoms with Gasteiger partial charge in [0.1, 0.15) is 11.5 Å². The molecule has 2 rings (SSSR count). The van der Waals surface area contributed by atoms with Crippen LogP contribution in [0.3, 0.4) is 0 Å². The number of ether oxygens (including phenoxy) is 1. The number of aromatic nitrogens is 1. The fraction of sp³-hybridized carbons (Fsp3) is 0.312. The Bertz CT molecular complexity index is 685. The highest BCUT2D eigenvalue weighted by molar-refractivity contribution is 7.17. The minimum absolute atomic E-state index is 0.136. The molecule has 6 nitrogen and oxygen atoms in total. The van der Waals surface area contributed by atoms with Crippen molar-refractivity contribution >= 4 is 28.5 Å². The van der Waals surface area contributed by atoms with E-state index in [2.05, 4.69) is 4.98 Å². The fourth-order valence-corrected chi connectivity index (χ4v) is 2.90. The first-order valence-electron chi connectivity index (χ1n) is 7.21. The van der Waals surface area contributed by atoms with Gasteiger partial charge in [-0.2, -0.15) is 0 Å². The second-order valence-electron chi connectivity index (χ2n) is 4.91. The Kier molecular flexibility index (Phi) is 5.70. The van der Waals surface area contributed by atoms with E-state index in [4.69, 9.17) is 9.84 Å². The molecule has 1 amide bonds. The maximum absolute atomic E-state index is 12.3. The van der Waals surface area contributed by atoms with Crippen LogP contribution in [0.2, 0.25) is 0 Å². The predicted octanol–water partition coefficient (Wildman–Crippen LogP) is 3.70. The fourth-order valence-electron chi connectivity index (χ4n) is 1.98. The van der Waals surface area contributed by atoms with Crippen molar-refractivity contribution in [2.24, 2.45) is 0 Å². The van der Waals surface area contributed by atoms with Gasteiger partial charge in [-0.3, -0.25) is 4.90 Å². The normalized spacial score (nSPS) is 10.3. The van der Waals surface area contributed by atoms with Gasteiger partial charge >= 0.3 is 12.1 Å². The number of rotatable bonds is 6. The van der Waals surface area contributed by atoms with Gasteiger partial charge in [-0.25, -0.2) is 14.6 Å². The number of carboxylic acids is 1. The lowest BCUT2D eigenvalue weighted by Gasteiger charge is -2.18. The molecular formula is C16H18N2O4S. The Morgan fingerprint density at radius 2 is 2.00 bits per heavy atom. The number of carboxylic acid groups (broad SMARTS) is 1. The summed E-state index contributed by atoms with van der Waals surface area (Å²) in [6.07, 6.45) is 0.183. The lowest BCUT2D eigenvalue weighted by atomic mass is 10.2. The van der Waals surface area contributed by atoms with E-state index in [0.29, 0.717) is 23.8 Å². The standard InChI is InChI=1S/C16H18N2O4S/c1-3-9-18(15-17-11(2)13(23-15)14(19)20)16(21)22-10-12-7-5-4-6-8-12/h4-8H,3,9-10H2,1-2H3,(H,19,20). The number of hydrogen-bond donors (Lipinski definition) is 1. The van der Waals surface area contributed by atoms with Crippen LogP contribution in [0.4, 0.5) is 9.93 Å². The molecule has 1 aromatic carbocycles. The van der Waals surface area contributed by atoms with E-state index in [1.165, 1.54) is 4.90 Å². The monoisotopic (exact) mass is 334 g/mol. The summed E-state index contributed by atoms with van der Waals surface area (Å²) in [6, 6.07) is 9.37. The Balaban J connectivity index is 2.12. The van der Waals surface area contributed by atoms with Crippen molar-refractivity contribution in [3.8, 4) is 0 Å². The number of carbonyl (C=O) groups is 2. The van der Waals surface area contributed by atoms with Gasteiger partial charge in [-0.15, -0.1) is 0 Å². The zero-order chi connectivity index (χ0) is 16.8. The topological polar surface area (TPSA) is 79.7 Å². The van der Waals surface area contributed by atoms with Crippen LogP contribution in [0, 0.1) is 6.92 Å². The first-order valence-corrected chi connectivity index (χ1v) is 8.03. The largest absolute Gasteiger partial charge is 0.477 e. The van der Waals surface area contributed by atoms with Gasteiger partial charge in [0.2, 0.25) is 0 Å². The maximum Gasteiger partial charge on any atom is 0.416 e. The zero-order valence-corrected chi connectivity index (χ0v) is 13.8. The highest BCUT2D eigenvalue weighted by Crippen LogP contribution is 2.27. The van der Waals surface area contributed by atoms with Crippen LogP contribution in [0.1, 0.15) is 34.3 Å². The second-order valence-corrected chi connectivity index (χ2v) is 5.89. The summed E-state index contributed by atoms with van der Waals surface area (Å²) < 4.78 is 5.31. The number of carbonyl (C=O) groups excluding carboxylic acids is 1. The van der Waals surface area contributed by atoms with Crippen LogP contribution < -0.4 is 4.90 Å².